The summed E-state index contributed by atoms with van der Waals surface area (Å²) in [6, 6.07) is 0. The van der Waals surface area contributed by atoms with E-state index in [2.05, 4.69) is 22.2 Å². The van der Waals surface area contributed by atoms with Crippen LogP contribution in [0.3, 0.4) is 0 Å². The van der Waals surface area contributed by atoms with E-state index in [1.165, 1.54) is 19.3 Å². The summed E-state index contributed by atoms with van der Waals surface area (Å²) < 4.78 is 5.46. The van der Waals surface area contributed by atoms with E-state index in [0.717, 1.165) is 17.9 Å². The fourth-order valence-corrected chi connectivity index (χ4v) is 2.15. The topological polar surface area (TPSA) is 47.0 Å². The lowest BCUT2D eigenvalue weighted by Gasteiger charge is -2.38. The van der Waals surface area contributed by atoms with E-state index in [4.69, 9.17) is 4.74 Å². The second kappa shape index (κ2) is 4.90. The van der Waals surface area contributed by atoms with Crippen LogP contribution in [0.4, 0.5) is 5.82 Å². The lowest BCUT2D eigenvalue weighted by atomic mass is 9.70. The predicted octanol–water partition coefficient (Wildman–Crippen LogP) is 2.79. The van der Waals surface area contributed by atoms with Gasteiger partial charge < -0.3 is 10.1 Å². The minimum Gasteiger partial charge on any atom is -0.478 e. The van der Waals surface area contributed by atoms with E-state index in [0.29, 0.717) is 17.9 Å². The zero-order valence-electron chi connectivity index (χ0n) is 10.9. The van der Waals surface area contributed by atoms with Crippen molar-refractivity contribution < 1.29 is 4.74 Å². The fraction of sp³-hybridized carbons (Fsp3) is 0.692. The van der Waals surface area contributed by atoms with Gasteiger partial charge in [-0.3, -0.25) is 0 Å². The first-order valence-electron chi connectivity index (χ1n) is 6.33. The van der Waals surface area contributed by atoms with Gasteiger partial charge in [0.1, 0.15) is 12.1 Å². The average molecular weight is 235 g/mol. The second-order valence-electron chi connectivity index (χ2n) is 5.10. The lowest BCUT2D eigenvalue weighted by molar-refractivity contribution is 0.179. The van der Waals surface area contributed by atoms with E-state index in [-0.39, 0.29) is 0 Å². The SMILES string of the molecule is CCOc1ncnc(NCC2(C)CCC2)c1C. The Hall–Kier alpha value is -1.32. The lowest BCUT2D eigenvalue weighted by Crippen LogP contribution is -2.33. The second-order valence-corrected chi connectivity index (χ2v) is 5.10. The Morgan fingerprint density at radius 3 is 2.76 bits per heavy atom. The molecule has 1 aromatic heterocycles. The van der Waals surface area contributed by atoms with Crippen LogP contribution in [0.2, 0.25) is 0 Å². The molecule has 1 heterocycles. The predicted molar refractivity (Wildman–Crippen MR) is 68.4 cm³/mol. The Kier molecular flexibility index (Phi) is 3.50. The quantitative estimate of drug-likeness (QED) is 0.852. The maximum atomic E-state index is 5.46. The molecule has 1 saturated carbocycles. The van der Waals surface area contributed by atoms with Gasteiger partial charge in [0.15, 0.2) is 0 Å². The molecule has 17 heavy (non-hydrogen) atoms. The summed E-state index contributed by atoms with van der Waals surface area (Å²) in [4.78, 5) is 8.41. The zero-order chi connectivity index (χ0) is 12.3. The van der Waals surface area contributed by atoms with Crippen LogP contribution in [0.1, 0.15) is 38.7 Å². The minimum atomic E-state index is 0.448. The van der Waals surface area contributed by atoms with Crippen LogP contribution in [0, 0.1) is 12.3 Å². The van der Waals surface area contributed by atoms with Crippen LogP contribution in [-0.2, 0) is 0 Å². The first-order chi connectivity index (χ1) is 8.14. The van der Waals surface area contributed by atoms with E-state index in [1.807, 2.05) is 13.8 Å². The van der Waals surface area contributed by atoms with Crippen molar-refractivity contribution in [1.82, 2.24) is 9.97 Å². The van der Waals surface area contributed by atoms with Gasteiger partial charge in [-0.05, 0) is 32.1 Å². The van der Waals surface area contributed by atoms with Crippen LogP contribution < -0.4 is 10.1 Å². The molecule has 0 spiro atoms. The smallest absolute Gasteiger partial charge is 0.221 e. The molecule has 1 aliphatic carbocycles. The molecule has 0 atom stereocenters. The summed E-state index contributed by atoms with van der Waals surface area (Å²) in [6.45, 7) is 7.90. The molecule has 1 N–H and O–H groups in total. The van der Waals surface area contributed by atoms with Gasteiger partial charge in [0.05, 0.1) is 12.2 Å². The Labute approximate surface area is 103 Å². The standard InChI is InChI=1S/C13H21N3O/c1-4-17-12-10(2)11(15-9-16-12)14-8-13(3)6-5-7-13/h9H,4-8H2,1-3H3,(H,14,15,16). The first-order valence-corrected chi connectivity index (χ1v) is 6.33. The highest BCUT2D eigenvalue weighted by Gasteiger charge is 2.31. The number of anilines is 1. The molecule has 2 rings (SSSR count). The largest absolute Gasteiger partial charge is 0.478 e. The summed E-state index contributed by atoms with van der Waals surface area (Å²) in [6.07, 6.45) is 5.53. The van der Waals surface area contributed by atoms with Crippen LogP contribution in [0.5, 0.6) is 5.88 Å². The molecule has 0 amide bonds. The summed E-state index contributed by atoms with van der Waals surface area (Å²) >= 11 is 0. The number of rotatable bonds is 5. The third-order valence-corrected chi connectivity index (χ3v) is 3.56. The first kappa shape index (κ1) is 12.1. The van der Waals surface area contributed by atoms with Gasteiger partial charge in [-0.15, -0.1) is 0 Å². The maximum Gasteiger partial charge on any atom is 0.221 e. The Morgan fingerprint density at radius 2 is 2.18 bits per heavy atom. The van der Waals surface area contributed by atoms with Crippen molar-refractivity contribution in [2.75, 3.05) is 18.5 Å². The Bertz CT molecular complexity index is 388. The van der Waals surface area contributed by atoms with Crippen molar-refractivity contribution in [1.29, 1.82) is 0 Å². The third kappa shape index (κ3) is 2.68. The van der Waals surface area contributed by atoms with E-state index < -0.39 is 0 Å². The molecule has 0 bridgehead atoms. The molecule has 94 valence electrons. The van der Waals surface area contributed by atoms with Crippen LogP contribution in [0.25, 0.3) is 0 Å². The van der Waals surface area contributed by atoms with Crippen LogP contribution in [-0.4, -0.2) is 23.1 Å². The molecule has 0 radical (unpaired) electrons. The van der Waals surface area contributed by atoms with Gasteiger partial charge in [-0.1, -0.05) is 13.3 Å². The average Bonchev–Trinajstić information content (AvgIpc) is 2.28. The minimum absolute atomic E-state index is 0.448. The summed E-state index contributed by atoms with van der Waals surface area (Å²) in [5.41, 5.74) is 1.45. The van der Waals surface area contributed by atoms with E-state index in [9.17, 15) is 0 Å². The van der Waals surface area contributed by atoms with E-state index >= 15 is 0 Å². The zero-order valence-corrected chi connectivity index (χ0v) is 10.9. The highest BCUT2D eigenvalue weighted by atomic mass is 16.5. The fourth-order valence-electron chi connectivity index (χ4n) is 2.15. The number of nitrogens with zero attached hydrogens (tertiary/aromatic N) is 2. The molecule has 1 fully saturated rings. The maximum absolute atomic E-state index is 5.46. The van der Waals surface area contributed by atoms with Crippen molar-refractivity contribution in [2.45, 2.75) is 40.0 Å². The van der Waals surface area contributed by atoms with Crippen LogP contribution >= 0.6 is 0 Å². The van der Waals surface area contributed by atoms with Gasteiger partial charge in [-0.25, -0.2) is 9.97 Å². The van der Waals surface area contributed by atoms with Gasteiger partial charge in [0.2, 0.25) is 5.88 Å². The molecule has 1 aromatic rings. The molecular formula is C13H21N3O. The Morgan fingerprint density at radius 1 is 1.41 bits per heavy atom. The normalized spacial score (nSPS) is 17.4. The van der Waals surface area contributed by atoms with Gasteiger partial charge >= 0.3 is 0 Å². The van der Waals surface area contributed by atoms with E-state index in [1.54, 1.807) is 6.33 Å². The molecule has 1 aliphatic rings. The monoisotopic (exact) mass is 235 g/mol. The third-order valence-electron chi connectivity index (χ3n) is 3.56. The van der Waals surface area contributed by atoms with Crippen molar-refractivity contribution in [3.63, 3.8) is 0 Å². The number of hydrogen-bond donors (Lipinski definition) is 1. The molecule has 0 saturated heterocycles. The number of nitrogens with one attached hydrogen (secondary N) is 1. The van der Waals surface area contributed by atoms with Crippen molar-refractivity contribution in [3.8, 4) is 5.88 Å². The molecule has 4 heteroatoms. The van der Waals surface area contributed by atoms with Crippen molar-refractivity contribution in [3.05, 3.63) is 11.9 Å². The van der Waals surface area contributed by atoms with Crippen molar-refractivity contribution >= 4 is 5.82 Å². The number of aromatic nitrogens is 2. The molecule has 0 aliphatic heterocycles. The molecule has 0 aromatic carbocycles. The molecule has 4 nitrogen and oxygen atoms in total. The number of hydrogen-bond acceptors (Lipinski definition) is 4. The van der Waals surface area contributed by atoms with Crippen molar-refractivity contribution in [2.24, 2.45) is 5.41 Å². The van der Waals surface area contributed by atoms with Gasteiger partial charge in [0.25, 0.3) is 0 Å². The number of ether oxygens (including phenoxy) is 1. The molecule has 0 unspecified atom stereocenters. The Balaban J connectivity index is 2.02. The highest BCUT2D eigenvalue weighted by Crippen LogP contribution is 2.40. The highest BCUT2D eigenvalue weighted by molar-refractivity contribution is 5.47. The molecular weight excluding hydrogens is 214 g/mol. The summed E-state index contributed by atoms with van der Waals surface area (Å²) in [5.74, 6) is 1.58. The van der Waals surface area contributed by atoms with Crippen LogP contribution in [0.15, 0.2) is 6.33 Å². The van der Waals surface area contributed by atoms with Gasteiger partial charge in [0, 0.05) is 6.54 Å². The summed E-state index contributed by atoms with van der Waals surface area (Å²) in [5, 5.41) is 3.42. The van der Waals surface area contributed by atoms with Gasteiger partial charge in [-0.2, -0.15) is 0 Å². The summed E-state index contributed by atoms with van der Waals surface area (Å²) in [7, 11) is 0.